The Morgan fingerprint density at radius 3 is 2.42 bits per heavy atom. The summed E-state index contributed by atoms with van der Waals surface area (Å²) in [6, 6.07) is 14.1. The predicted octanol–water partition coefficient (Wildman–Crippen LogP) is 3.78. The van der Waals surface area contributed by atoms with Crippen LogP contribution in [0, 0.1) is 0 Å². The summed E-state index contributed by atoms with van der Waals surface area (Å²) in [6.07, 6.45) is 2.15. The molecule has 24 heavy (non-hydrogen) atoms. The monoisotopic (exact) mass is 329 g/mol. The number of ether oxygens (including phenoxy) is 3. The van der Waals surface area contributed by atoms with Gasteiger partial charge in [0.05, 0.1) is 14.2 Å². The first-order valence-electron chi connectivity index (χ1n) is 8.19. The lowest BCUT2D eigenvalue weighted by Crippen LogP contribution is -2.13. The summed E-state index contributed by atoms with van der Waals surface area (Å²) >= 11 is 0. The van der Waals surface area contributed by atoms with E-state index in [-0.39, 0.29) is 0 Å². The number of nitrogens with zero attached hydrogens (tertiary/aromatic N) is 1. The zero-order valence-corrected chi connectivity index (χ0v) is 15.0. The highest BCUT2D eigenvalue weighted by molar-refractivity contribution is 5.43. The molecule has 0 spiro atoms. The summed E-state index contributed by atoms with van der Waals surface area (Å²) in [5, 5.41) is 0. The fourth-order valence-corrected chi connectivity index (χ4v) is 2.51. The minimum atomic E-state index is 0.481. The Morgan fingerprint density at radius 1 is 0.875 bits per heavy atom. The highest BCUT2D eigenvalue weighted by Crippen LogP contribution is 2.29. The first kappa shape index (κ1) is 18.1. The van der Waals surface area contributed by atoms with Crippen molar-refractivity contribution in [1.82, 2.24) is 4.90 Å². The van der Waals surface area contributed by atoms with E-state index in [9.17, 15) is 0 Å². The lowest BCUT2D eigenvalue weighted by atomic mass is 10.1. The molecule has 0 N–H and O–H groups in total. The summed E-state index contributed by atoms with van der Waals surface area (Å²) in [7, 11) is 7.52. The molecule has 0 aliphatic rings. The fraction of sp³-hybridized carbons (Fsp3) is 0.400. The van der Waals surface area contributed by atoms with Gasteiger partial charge in [0.1, 0.15) is 12.4 Å². The van der Waals surface area contributed by atoms with E-state index in [0.717, 1.165) is 42.2 Å². The summed E-state index contributed by atoms with van der Waals surface area (Å²) in [5.74, 6) is 2.37. The fourth-order valence-electron chi connectivity index (χ4n) is 2.51. The van der Waals surface area contributed by atoms with Gasteiger partial charge in [-0.05, 0) is 68.9 Å². The van der Waals surface area contributed by atoms with Crippen molar-refractivity contribution >= 4 is 0 Å². The molecule has 0 aromatic heterocycles. The van der Waals surface area contributed by atoms with E-state index < -0.39 is 0 Å². The van der Waals surface area contributed by atoms with Gasteiger partial charge in [-0.2, -0.15) is 0 Å². The van der Waals surface area contributed by atoms with Crippen molar-refractivity contribution in [2.75, 3.05) is 34.9 Å². The predicted molar refractivity (Wildman–Crippen MR) is 97.2 cm³/mol. The van der Waals surface area contributed by atoms with Crippen LogP contribution in [0.15, 0.2) is 42.5 Å². The lowest BCUT2D eigenvalue weighted by molar-refractivity contribution is 0.283. The summed E-state index contributed by atoms with van der Waals surface area (Å²) in [6.45, 7) is 1.56. The second kappa shape index (κ2) is 9.18. The number of rotatable bonds is 9. The average molecular weight is 329 g/mol. The van der Waals surface area contributed by atoms with Crippen molar-refractivity contribution in [3.05, 3.63) is 53.6 Å². The molecular formula is C20H27NO3. The zero-order valence-electron chi connectivity index (χ0n) is 15.0. The second-order valence-corrected chi connectivity index (χ2v) is 6.03. The van der Waals surface area contributed by atoms with E-state index in [1.165, 1.54) is 5.56 Å². The Hall–Kier alpha value is -2.20. The van der Waals surface area contributed by atoms with Crippen LogP contribution in [0.2, 0.25) is 0 Å². The number of aryl methyl sites for hydroxylation is 1. The lowest BCUT2D eigenvalue weighted by Gasteiger charge is -2.14. The SMILES string of the molecule is COc1cccc(COc2cc(CCCN(C)C)ccc2OC)c1. The van der Waals surface area contributed by atoms with E-state index in [1.807, 2.05) is 30.3 Å². The molecule has 0 amide bonds. The van der Waals surface area contributed by atoms with Crippen LogP contribution in [0.4, 0.5) is 0 Å². The third kappa shape index (κ3) is 5.46. The van der Waals surface area contributed by atoms with Gasteiger partial charge in [0.15, 0.2) is 11.5 Å². The molecule has 0 aliphatic carbocycles. The number of hydrogen-bond acceptors (Lipinski definition) is 4. The van der Waals surface area contributed by atoms with Gasteiger partial charge in [-0.25, -0.2) is 0 Å². The highest BCUT2D eigenvalue weighted by atomic mass is 16.5. The van der Waals surface area contributed by atoms with Crippen LogP contribution in [0.5, 0.6) is 17.2 Å². The molecule has 2 aromatic rings. The third-order valence-electron chi connectivity index (χ3n) is 3.83. The normalized spacial score (nSPS) is 10.7. The molecule has 0 radical (unpaired) electrons. The molecule has 0 unspecified atom stereocenters. The van der Waals surface area contributed by atoms with Crippen LogP contribution in [-0.2, 0) is 13.0 Å². The van der Waals surface area contributed by atoms with Crippen molar-refractivity contribution < 1.29 is 14.2 Å². The van der Waals surface area contributed by atoms with E-state index in [4.69, 9.17) is 14.2 Å². The molecule has 0 heterocycles. The molecule has 4 nitrogen and oxygen atoms in total. The molecule has 0 saturated carbocycles. The van der Waals surface area contributed by atoms with Crippen molar-refractivity contribution in [3.8, 4) is 17.2 Å². The van der Waals surface area contributed by atoms with Gasteiger partial charge >= 0.3 is 0 Å². The van der Waals surface area contributed by atoms with Crippen LogP contribution in [0.3, 0.4) is 0 Å². The van der Waals surface area contributed by atoms with Crippen LogP contribution < -0.4 is 14.2 Å². The Morgan fingerprint density at radius 2 is 1.71 bits per heavy atom. The van der Waals surface area contributed by atoms with E-state index >= 15 is 0 Å². The number of methoxy groups -OCH3 is 2. The van der Waals surface area contributed by atoms with Crippen molar-refractivity contribution in [3.63, 3.8) is 0 Å². The second-order valence-electron chi connectivity index (χ2n) is 6.03. The standard InChI is InChI=1S/C20H27NO3/c1-21(2)12-6-8-16-10-11-19(23-4)20(14-16)24-15-17-7-5-9-18(13-17)22-3/h5,7,9-11,13-14H,6,8,12,15H2,1-4H3. The highest BCUT2D eigenvalue weighted by Gasteiger charge is 2.07. The van der Waals surface area contributed by atoms with Crippen LogP contribution in [0.25, 0.3) is 0 Å². The average Bonchev–Trinajstić information content (AvgIpc) is 2.60. The quantitative estimate of drug-likeness (QED) is 0.700. The first-order valence-corrected chi connectivity index (χ1v) is 8.19. The third-order valence-corrected chi connectivity index (χ3v) is 3.83. The maximum atomic E-state index is 5.99. The number of benzene rings is 2. The van der Waals surface area contributed by atoms with Crippen LogP contribution >= 0.6 is 0 Å². The summed E-state index contributed by atoms with van der Waals surface area (Å²) in [5.41, 5.74) is 2.33. The van der Waals surface area contributed by atoms with Crippen molar-refractivity contribution in [2.24, 2.45) is 0 Å². The molecule has 0 aliphatic heterocycles. The van der Waals surface area contributed by atoms with Gasteiger partial charge in [0.2, 0.25) is 0 Å². The van der Waals surface area contributed by atoms with Gasteiger partial charge in [-0.1, -0.05) is 18.2 Å². The maximum absolute atomic E-state index is 5.99. The smallest absolute Gasteiger partial charge is 0.161 e. The Bertz CT molecular complexity index is 641. The van der Waals surface area contributed by atoms with Crippen LogP contribution in [0.1, 0.15) is 17.5 Å². The Labute approximate surface area is 145 Å². The van der Waals surface area contributed by atoms with Gasteiger partial charge < -0.3 is 19.1 Å². The minimum Gasteiger partial charge on any atom is -0.497 e. The number of hydrogen-bond donors (Lipinski definition) is 0. The molecule has 2 aromatic carbocycles. The largest absolute Gasteiger partial charge is 0.497 e. The molecule has 0 atom stereocenters. The van der Waals surface area contributed by atoms with Crippen LogP contribution in [-0.4, -0.2) is 39.8 Å². The summed E-state index contributed by atoms with van der Waals surface area (Å²) in [4.78, 5) is 2.20. The van der Waals surface area contributed by atoms with E-state index in [0.29, 0.717) is 6.61 Å². The molecule has 0 saturated heterocycles. The van der Waals surface area contributed by atoms with Crippen molar-refractivity contribution in [1.29, 1.82) is 0 Å². The molecule has 2 rings (SSSR count). The van der Waals surface area contributed by atoms with Gasteiger partial charge in [0, 0.05) is 0 Å². The van der Waals surface area contributed by atoms with Gasteiger partial charge in [-0.3, -0.25) is 0 Å². The molecule has 130 valence electrons. The molecule has 0 bridgehead atoms. The zero-order chi connectivity index (χ0) is 17.4. The topological polar surface area (TPSA) is 30.9 Å². The first-order chi connectivity index (χ1) is 11.6. The van der Waals surface area contributed by atoms with Crippen molar-refractivity contribution in [2.45, 2.75) is 19.4 Å². The molecule has 0 fully saturated rings. The van der Waals surface area contributed by atoms with E-state index in [1.54, 1.807) is 14.2 Å². The van der Waals surface area contributed by atoms with E-state index in [2.05, 4.69) is 31.1 Å². The Balaban J connectivity index is 2.03. The summed E-state index contributed by atoms with van der Waals surface area (Å²) < 4.78 is 16.7. The maximum Gasteiger partial charge on any atom is 0.161 e. The van der Waals surface area contributed by atoms with Gasteiger partial charge in [0.25, 0.3) is 0 Å². The molecular weight excluding hydrogens is 302 g/mol. The molecule has 4 heteroatoms. The minimum absolute atomic E-state index is 0.481. The van der Waals surface area contributed by atoms with Gasteiger partial charge in [-0.15, -0.1) is 0 Å². The Kier molecular flexibility index (Phi) is 6.94.